The Balaban J connectivity index is 2.22. The van der Waals surface area contributed by atoms with Crippen LogP contribution in [0.2, 0.25) is 0 Å². The van der Waals surface area contributed by atoms with Crippen LogP contribution in [0.15, 0.2) is 28.8 Å². The standard InChI is InChI=1S/C11H12FN3O3S/c1-7-5-8(14-18-7)6-19(16,17)15-11-9(12)3-2-4-10(11)13/h2-5,15H,6,13H2,1H3. The number of nitrogens with zero attached hydrogens (tertiary/aromatic N) is 1. The van der Waals surface area contributed by atoms with Crippen molar-refractivity contribution in [1.29, 1.82) is 0 Å². The first-order valence-corrected chi connectivity index (χ1v) is 6.99. The van der Waals surface area contributed by atoms with E-state index in [1.807, 2.05) is 0 Å². The van der Waals surface area contributed by atoms with Crippen molar-refractivity contribution in [2.75, 3.05) is 10.5 Å². The molecule has 8 heteroatoms. The van der Waals surface area contributed by atoms with Crippen molar-refractivity contribution < 1.29 is 17.3 Å². The summed E-state index contributed by atoms with van der Waals surface area (Å²) in [6.45, 7) is 1.64. The van der Waals surface area contributed by atoms with E-state index in [2.05, 4.69) is 9.88 Å². The second-order valence-corrected chi connectivity index (χ2v) is 5.72. The van der Waals surface area contributed by atoms with Gasteiger partial charge in [0.2, 0.25) is 10.0 Å². The Morgan fingerprint density at radius 3 is 2.79 bits per heavy atom. The fourth-order valence-electron chi connectivity index (χ4n) is 1.52. The van der Waals surface area contributed by atoms with Crippen LogP contribution in [0.3, 0.4) is 0 Å². The first-order valence-electron chi connectivity index (χ1n) is 5.34. The molecular weight excluding hydrogens is 273 g/mol. The quantitative estimate of drug-likeness (QED) is 0.832. The molecule has 0 unspecified atom stereocenters. The fourth-order valence-corrected chi connectivity index (χ4v) is 2.64. The van der Waals surface area contributed by atoms with Gasteiger partial charge in [-0.2, -0.15) is 0 Å². The molecule has 0 atom stereocenters. The maximum Gasteiger partial charge on any atom is 0.238 e. The van der Waals surface area contributed by atoms with Gasteiger partial charge in [0.25, 0.3) is 0 Å². The number of anilines is 2. The molecule has 0 fully saturated rings. The zero-order valence-electron chi connectivity index (χ0n) is 10.1. The van der Waals surface area contributed by atoms with Crippen molar-refractivity contribution in [1.82, 2.24) is 5.16 Å². The molecule has 6 nitrogen and oxygen atoms in total. The number of halogens is 1. The predicted octanol–water partition coefficient (Wildman–Crippen LogP) is 1.65. The molecule has 2 rings (SSSR count). The Hall–Kier alpha value is -2.09. The summed E-state index contributed by atoms with van der Waals surface area (Å²) in [5, 5.41) is 3.57. The van der Waals surface area contributed by atoms with E-state index in [0.29, 0.717) is 5.76 Å². The topological polar surface area (TPSA) is 98.2 Å². The molecule has 19 heavy (non-hydrogen) atoms. The van der Waals surface area contributed by atoms with Crippen molar-refractivity contribution in [3.05, 3.63) is 41.5 Å². The van der Waals surface area contributed by atoms with Crippen LogP contribution in [0.4, 0.5) is 15.8 Å². The van der Waals surface area contributed by atoms with E-state index in [4.69, 9.17) is 10.3 Å². The third-order valence-corrected chi connectivity index (χ3v) is 3.51. The van der Waals surface area contributed by atoms with E-state index in [1.165, 1.54) is 18.2 Å². The van der Waals surface area contributed by atoms with Crippen LogP contribution in [0, 0.1) is 12.7 Å². The summed E-state index contributed by atoms with van der Waals surface area (Å²) in [6, 6.07) is 5.41. The highest BCUT2D eigenvalue weighted by molar-refractivity contribution is 7.91. The Bertz CT molecular complexity index is 677. The van der Waals surface area contributed by atoms with Gasteiger partial charge in [0.1, 0.15) is 28.7 Å². The summed E-state index contributed by atoms with van der Waals surface area (Å²) in [4.78, 5) is 0. The third kappa shape index (κ3) is 3.22. The lowest BCUT2D eigenvalue weighted by Crippen LogP contribution is -2.17. The van der Waals surface area contributed by atoms with Crippen LogP contribution in [0.5, 0.6) is 0 Å². The number of benzene rings is 1. The molecule has 1 heterocycles. The van der Waals surface area contributed by atoms with Crippen LogP contribution in [0.25, 0.3) is 0 Å². The van der Waals surface area contributed by atoms with Gasteiger partial charge in [-0.1, -0.05) is 11.2 Å². The summed E-state index contributed by atoms with van der Waals surface area (Å²) in [5.74, 6) is -0.659. The highest BCUT2D eigenvalue weighted by Gasteiger charge is 2.18. The summed E-state index contributed by atoms with van der Waals surface area (Å²) >= 11 is 0. The van der Waals surface area contributed by atoms with E-state index in [9.17, 15) is 12.8 Å². The van der Waals surface area contributed by atoms with Crippen LogP contribution in [-0.4, -0.2) is 13.6 Å². The van der Waals surface area contributed by atoms with Crippen LogP contribution in [0.1, 0.15) is 11.5 Å². The summed E-state index contributed by atoms with van der Waals surface area (Å²) in [6.07, 6.45) is 0. The zero-order chi connectivity index (χ0) is 14.0. The van der Waals surface area contributed by atoms with Gasteiger partial charge < -0.3 is 10.3 Å². The number of nitrogen functional groups attached to an aromatic ring is 1. The van der Waals surface area contributed by atoms with E-state index in [1.54, 1.807) is 6.92 Å². The van der Waals surface area contributed by atoms with Gasteiger partial charge in [-0.25, -0.2) is 12.8 Å². The van der Waals surface area contributed by atoms with E-state index < -0.39 is 21.6 Å². The summed E-state index contributed by atoms with van der Waals surface area (Å²) in [5.41, 5.74) is 5.51. The van der Waals surface area contributed by atoms with Crippen molar-refractivity contribution in [2.24, 2.45) is 0 Å². The Kier molecular flexibility index (Phi) is 3.43. The smallest absolute Gasteiger partial charge is 0.238 e. The molecule has 0 saturated carbocycles. The van der Waals surface area contributed by atoms with Gasteiger partial charge >= 0.3 is 0 Å². The maximum atomic E-state index is 13.5. The zero-order valence-corrected chi connectivity index (χ0v) is 10.9. The molecule has 0 spiro atoms. The third-order valence-electron chi connectivity index (χ3n) is 2.32. The number of para-hydroxylation sites is 1. The molecular formula is C11H12FN3O3S. The molecule has 0 bridgehead atoms. The number of aromatic nitrogens is 1. The molecule has 3 N–H and O–H groups in total. The van der Waals surface area contributed by atoms with Gasteiger partial charge in [0.05, 0.1) is 5.69 Å². The molecule has 0 aliphatic rings. The van der Waals surface area contributed by atoms with Crippen molar-refractivity contribution in [2.45, 2.75) is 12.7 Å². The monoisotopic (exact) mass is 285 g/mol. The van der Waals surface area contributed by atoms with Gasteiger partial charge in [0, 0.05) is 6.07 Å². The van der Waals surface area contributed by atoms with Gasteiger partial charge in [0.15, 0.2) is 0 Å². The van der Waals surface area contributed by atoms with Crippen LogP contribution >= 0.6 is 0 Å². The van der Waals surface area contributed by atoms with E-state index >= 15 is 0 Å². The molecule has 1 aromatic heterocycles. The van der Waals surface area contributed by atoms with Crippen LogP contribution < -0.4 is 10.5 Å². The highest BCUT2D eigenvalue weighted by Crippen LogP contribution is 2.23. The van der Waals surface area contributed by atoms with E-state index in [0.717, 1.165) is 6.07 Å². The summed E-state index contributed by atoms with van der Waals surface area (Å²) < 4.78 is 44.1. The molecule has 1 aromatic carbocycles. The van der Waals surface area contributed by atoms with Gasteiger partial charge in [-0.15, -0.1) is 0 Å². The minimum absolute atomic E-state index is 0.0138. The number of nitrogens with two attached hydrogens (primary N) is 1. The number of rotatable bonds is 4. The first-order chi connectivity index (χ1) is 8.87. The predicted molar refractivity (Wildman–Crippen MR) is 68.3 cm³/mol. The number of hydrogen-bond acceptors (Lipinski definition) is 5. The second-order valence-electron chi connectivity index (χ2n) is 3.99. The Labute approximate surface area is 109 Å². The molecule has 0 aliphatic heterocycles. The molecule has 0 saturated heterocycles. The lowest BCUT2D eigenvalue weighted by molar-refractivity contribution is 0.392. The van der Waals surface area contributed by atoms with Crippen molar-refractivity contribution in [3.63, 3.8) is 0 Å². The number of hydrogen-bond donors (Lipinski definition) is 2. The van der Waals surface area contributed by atoms with Crippen molar-refractivity contribution in [3.8, 4) is 0 Å². The maximum absolute atomic E-state index is 13.5. The number of sulfonamides is 1. The van der Waals surface area contributed by atoms with Gasteiger partial charge in [-0.3, -0.25) is 4.72 Å². The minimum Gasteiger partial charge on any atom is -0.397 e. The normalized spacial score (nSPS) is 11.5. The van der Waals surface area contributed by atoms with E-state index in [-0.39, 0.29) is 17.1 Å². The molecule has 2 aromatic rings. The average Bonchev–Trinajstić information content (AvgIpc) is 2.69. The van der Waals surface area contributed by atoms with Gasteiger partial charge in [-0.05, 0) is 19.1 Å². The fraction of sp³-hybridized carbons (Fsp3) is 0.182. The lowest BCUT2D eigenvalue weighted by Gasteiger charge is -2.09. The summed E-state index contributed by atoms with van der Waals surface area (Å²) in [7, 11) is -3.81. The number of aryl methyl sites for hydroxylation is 1. The SMILES string of the molecule is Cc1cc(CS(=O)(=O)Nc2c(N)cccc2F)no1. The lowest BCUT2D eigenvalue weighted by atomic mass is 10.3. The molecule has 102 valence electrons. The second kappa shape index (κ2) is 4.88. The minimum atomic E-state index is -3.81. The van der Waals surface area contributed by atoms with Crippen LogP contribution in [-0.2, 0) is 15.8 Å². The largest absolute Gasteiger partial charge is 0.397 e. The highest BCUT2D eigenvalue weighted by atomic mass is 32.2. The molecule has 0 radical (unpaired) electrons. The number of nitrogens with one attached hydrogen (secondary N) is 1. The first kappa shape index (κ1) is 13.3. The average molecular weight is 285 g/mol. The molecule has 0 aliphatic carbocycles. The Morgan fingerprint density at radius 1 is 1.47 bits per heavy atom. The Morgan fingerprint density at radius 2 is 2.21 bits per heavy atom. The molecule has 0 amide bonds. The van der Waals surface area contributed by atoms with Crippen molar-refractivity contribution >= 4 is 21.4 Å².